The van der Waals surface area contributed by atoms with Crippen molar-refractivity contribution in [3.63, 3.8) is 0 Å². The molecule has 0 atom stereocenters. The minimum Gasteiger partial charge on any atom is -0.302 e. The van der Waals surface area contributed by atoms with E-state index in [1.54, 1.807) is 13.8 Å². The molecule has 0 unspecified atom stereocenters. The Bertz CT molecular complexity index is 415. The number of carbonyl (C=O) groups excluding carboxylic acids is 1. The molecule has 5 heteroatoms. The number of aldehydes is 1. The second-order valence-electron chi connectivity index (χ2n) is 3.76. The van der Waals surface area contributed by atoms with Crippen molar-refractivity contribution in [3.05, 3.63) is 39.7 Å². The highest BCUT2D eigenvalue weighted by Gasteiger charge is 2.23. The molecule has 0 saturated carbocycles. The number of rotatable bonds is 3. The summed E-state index contributed by atoms with van der Waals surface area (Å²) >= 11 is 0. The van der Waals surface area contributed by atoms with Crippen molar-refractivity contribution in [2.24, 2.45) is 0 Å². The van der Waals surface area contributed by atoms with Crippen LogP contribution in [-0.2, 0) is 10.2 Å². The number of benzene rings is 1. The monoisotopic (exact) mass is 211 g/mol. The summed E-state index contributed by atoms with van der Waals surface area (Å²) in [5, 5.41) is 10.3. The number of nitro benzene ring substituents is 1. The zero-order chi connectivity index (χ0) is 11.6. The first-order valence-corrected chi connectivity index (χ1v) is 4.29. The SMILES string of the molecule is CC(C)(C=O)c1ccc([N+](=O)[O-])c(F)c1. The van der Waals surface area contributed by atoms with E-state index in [1.807, 2.05) is 0 Å². The average Bonchev–Trinajstić information content (AvgIpc) is 2.17. The molecule has 0 radical (unpaired) electrons. The van der Waals surface area contributed by atoms with E-state index in [-0.39, 0.29) is 0 Å². The highest BCUT2D eigenvalue weighted by Crippen LogP contribution is 2.25. The summed E-state index contributed by atoms with van der Waals surface area (Å²) in [5.74, 6) is -0.924. The van der Waals surface area contributed by atoms with Gasteiger partial charge in [0.25, 0.3) is 0 Å². The van der Waals surface area contributed by atoms with Crippen LogP contribution in [0.25, 0.3) is 0 Å². The molecule has 0 fully saturated rings. The molecular weight excluding hydrogens is 201 g/mol. The van der Waals surface area contributed by atoms with Crippen LogP contribution in [0.1, 0.15) is 19.4 Å². The molecular formula is C10H10FNO3. The van der Waals surface area contributed by atoms with Crippen molar-refractivity contribution < 1.29 is 14.1 Å². The van der Waals surface area contributed by atoms with E-state index in [9.17, 15) is 19.3 Å². The summed E-state index contributed by atoms with van der Waals surface area (Å²) < 4.78 is 13.2. The third-order valence-corrected chi connectivity index (χ3v) is 2.18. The first kappa shape index (κ1) is 11.3. The number of nitro groups is 1. The van der Waals surface area contributed by atoms with Gasteiger partial charge in [-0.05, 0) is 25.5 Å². The lowest BCUT2D eigenvalue weighted by Gasteiger charge is -2.16. The quantitative estimate of drug-likeness (QED) is 0.437. The lowest BCUT2D eigenvalue weighted by Crippen LogP contribution is -2.18. The van der Waals surface area contributed by atoms with Gasteiger partial charge in [0.15, 0.2) is 0 Å². The van der Waals surface area contributed by atoms with Gasteiger partial charge in [0.2, 0.25) is 5.82 Å². The van der Waals surface area contributed by atoms with Crippen LogP contribution in [-0.4, -0.2) is 11.2 Å². The molecule has 0 spiro atoms. The van der Waals surface area contributed by atoms with E-state index < -0.39 is 21.8 Å². The molecule has 0 bridgehead atoms. The van der Waals surface area contributed by atoms with E-state index in [1.165, 1.54) is 6.07 Å². The predicted molar refractivity (Wildman–Crippen MR) is 52.1 cm³/mol. The maximum absolute atomic E-state index is 13.2. The lowest BCUT2D eigenvalue weighted by molar-refractivity contribution is -0.387. The summed E-state index contributed by atoms with van der Waals surface area (Å²) in [6.07, 6.45) is 0.674. The highest BCUT2D eigenvalue weighted by molar-refractivity contribution is 5.67. The van der Waals surface area contributed by atoms with Crippen molar-refractivity contribution in [2.75, 3.05) is 0 Å². The molecule has 80 valence electrons. The maximum atomic E-state index is 13.2. The molecule has 15 heavy (non-hydrogen) atoms. The summed E-state index contributed by atoms with van der Waals surface area (Å²) in [4.78, 5) is 20.3. The Labute approximate surface area is 85.9 Å². The molecule has 0 aliphatic heterocycles. The molecule has 0 aliphatic carbocycles. The molecule has 1 aromatic rings. The van der Waals surface area contributed by atoms with Gasteiger partial charge in [-0.1, -0.05) is 6.07 Å². The van der Waals surface area contributed by atoms with Crippen LogP contribution in [0.2, 0.25) is 0 Å². The maximum Gasteiger partial charge on any atom is 0.304 e. The van der Waals surface area contributed by atoms with Crippen LogP contribution in [0.4, 0.5) is 10.1 Å². The number of halogens is 1. The van der Waals surface area contributed by atoms with Crippen LogP contribution in [0.3, 0.4) is 0 Å². The van der Waals surface area contributed by atoms with Crippen LogP contribution in [0.5, 0.6) is 0 Å². The van der Waals surface area contributed by atoms with Gasteiger partial charge < -0.3 is 4.79 Å². The van der Waals surface area contributed by atoms with E-state index in [0.29, 0.717) is 11.8 Å². The Kier molecular flexibility index (Phi) is 2.83. The minimum atomic E-state index is -0.924. The highest BCUT2D eigenvalue weighted by atomic mass is 19.1. The standard InChI is InChI=1S/C10H10FNO3/c1-10(2,6-13)7-3-4-9(12(14)15)8(11)5-7/h3-6H,1-2H3. The normalized spacial score (nSPS) is 11.1. The summed E-state index contributed by atoms with van der Waals surface area (Å²) in [5.41, 5.74) is -1.00. The minimum absolute atomic E-state index is 0.417. The molecule has 0 N–H and O–H groups in total. The molecule has 1 aromatic carbocycles. The van der Waals surface area contributed by atoms with Crippen molar-refractivity contribution in [1.29, 1.82) is 0 Å². The van der Waals surface area contributed by atoms with E-state index in [4.69, 9.17) is 0 Å². The number of hydrogen-bond donors (Lipinski definition) is 0. The van der Waals surface area contributed by atoms with Gasteiger partial charge >= 0.3 is 5.69 Å². The van der Waals surface area contributed by atoms with Crippen molar-refractivity contribution in [3.8, 4) is 0 Å². The summed E-state index contributed by atoms with van der Waals surface area (Å²) in [6, 6.07) is 3.47. The Morgan fingerprint density at radius 2 is 2.07 bits per heavy atom. The van der Waals surface area contributed by atoms with Gasteiger partial charge in [-0.3, -0.25) is 10.1 Å². The molecule has 0 aliphatic rings. The van der Waals surface area contributed by atoms with Gasteiger partial charge in [-0.2, -0.15) is 4.39 Å². The Balaban J connectivity index is 3.23. The average molecular weight is 211 g/mol. The van der Waals surface area contributed by atoms with E-state index in [0.717, 1.165) is 12.1 Å². The smallest absolute Gasteiger partial charge is 0.302 e. The van der Waals surface area contributed by atoms with Crippen LogP contribution in [0, 0.1) is 15.9 Å². The Hall–Kier alpha value is -1.78. The Morgan fingerprint density at radius 3 is 2.47 bits per heavy atom. The van der Waals surface area contributed by atoms with Gasteiger partial charge in [0, 0.05) is 11.5 Å². The first-order valence-electron chi connectivity index (χ1n) is 4.29. The fraction of sp³-hybridized carbons (Fsp3) is 0.300. The van der Waals surface area contributed by atoms with E-state index >= 15 is 0 Å². The van der Waals surface area contributed by atoms with Crippen molar-refractivity contribution >= 4 is 12.0 Å². The van der Waals surface area contributed by atoms with Gasteiger partial charge in [-0.25, -0.2) is 0 Å². The lowest BCUT2D eigenvalue weighted by atomic mass is 9.86. The first-order chi connectivity index (χ1) is 6.88. The van der Waals surface area contributed by atoms with Crippen LogP contribution < -0.4 is 0 Å². The second-order valence-corrected chi connectivity index (χ2v) is 3.76. The number of hydrogen-bond acceptors (Lipinski definition) is 3. The summed E-state index contributed by atoms with van der Waals surface area (Å²) in [6.45, 7) is 3.22. The zero-order valence-corrected chi connectivity index (χ0v) is 8.36. The molecule has 0 amide bonds. The van der Waals surface area contributed by atoms with Crippen LogP contribution >= 0.6 is 0 Å². The van der Waals surface area contributed by atoms with Gasteiger partial charge in [0.1, 0.15) is 6.29 Å². The third-order valence-electron chi connectivity index (χ3n) is 2.18. The molecule has 1 rings (SSSR count). The third kappa shape index (κ3) is 2.18. The Morgan fingerprint density at radius 1 is 1.47 bits per heavy atom. The number of carbonyl (C=O) groups is 1. The van der Waals surface area contributed by atoms with Gasteiger partial charge in [0.05, 0.1) is 4.92 Å². The predicted octanol–water partition coefficient (Wildman–Crippen LogP) is 2.21. The fourth-order valence-corrected chi connectivity index (χ4v) is 1.12. The second kappa shape index (κ2) is 3.76. The molecule has 0 aromatic heterocycles. The topological polar surface area (TPSA) is 60.2 Å². The van der Waals surface area contributed by atoms with Crippen LogP contribution in [0.15, 0.2) is 18.2 Å². The molecule has 0 heterocycles. The van der Waals surface area contributed by atoms with Crippen molar-refractivity contribution in [1.82, 2.24) is 0 Å². The van der Waals surface area contributed by atoms with Crippen molar-refractivity contribution in [2.45, 2.75) is 19.3 Å². The van der Waals surface area contributed by atoms with E-state index in [2.05, 4.69) is 0 Å². The molecule has 0 saturated heterocycles. The molecule has 4 nitrogen and oxygen atoms in total. The zero-order valence-electron chi connectivity index (χ0n) is 8.36. The largest absolute Gasteiger partial charge is 0.304 e. The van der Waals surface area contributed by atoms with Gasteiger partial charge in [-0.15, -0.1) is 0 Å². The number of nitrogens with zero attached hydrogens (tertiary/aromatic N) is 1. The summed E-state index contributed by atoms with van der Waals surface area (Å²) in [7, 11) is 0. The fourth-order valence-electron chi connectivity index (χ4n) is 1.12.